The van der Waals surface area contributed by atoms with Gasteiger partial charge in [-0.25, -0.2) is 5.01 Å². The van der Waals surface area contributed by atoms with E-state index in [2.05, 4.69) is 17.2 Å². The van der Waals surface area contributed by atoms with E-state index in [1.807, 2.05) is 12.1 Å². The van der Waals surface area contributed by atoms with E-state index < -0.39 is 0 Å². The first-order valence-corrected chi connectivity index (χ1v) is 8.16. The van der Waals surface area contributed by atoms with Crippen LogP contribution < -0.4 is 5.32 Å². The fraction of sp³-hybridized carbons (Fsp3) is 0.389. The molecule has 24 heavy (non-hydrogen) atoms. The molecule has 0 bridgehead atoms. The van der Waals surface area contributed by atoms with Crippen molar-refractivity contribution in [2.45, 2.75) is 25.8 Å². The number of rotatable bonds is 1. The van der Waals surface area contributed by atoms with Crippen molar-refractivity contribution >= 4 is 17.7 Å². The van der Waals surface area contributed by atoms with Crippen molar-refractivity contribution in [3.05, 3.63) is 34.9 Å². The molecular formula is C18H17N3O3. The minimum Gasteiger partial charge on any atom is -0.314 e. The Morgan fingerprint density at radius 2 is 1.83 bits per heavy atom. The van der Waals surface area contributed by atoms with Crippen LogP contribution in [0.25, 0.3) is 0 Å². The molecule has 0 radical (unpaired) electrons. The third-order valence-electron chi connectivity index (χ3n) is 4.59. The average Bonchev–Trinajstić information content (AvgIpc) is 2.82. The van der Waals surface area contributed by atoms with E-state index in [0.29, 0.717) is 30.7 Å². The minimum atomic E-state index is -0.301. The summed E-state index contributed by atoms with van der Waals surface area (Å²) in [4.78, 5) is 36.7. The van der Waals surface area contributed by atoms with Crippen LogP contribution in [-0.4, -0.2) is 40.8 Å². The van der Waals surface area contributed by atoms with E-state index in [1.54, 1.807) is 6.07 Å². The molecule has 0 spiro atoms. The van der Waals surface area contributed by atoms with Crippen molar-refractivity contribution in [3.63, 3.8) is 0 Å². The van der Waals surface area contributed by atoms with Gasteiger partial charge in [0.25, 0.3) is 5.91 Å². The molecule has 4 rings (SSSR count). The quantitative estimate of drug-likeness (QED) is 0.609. The lowest BCUT2D eigenvalue weighted by atomic mass is 10.0. The summed E-state index contributed by atoms with van der Waals surface area (Å²) >= 11 is 0. The summed E-state index contributed by atoms with van der Waals surface area (Å²) in [6, 6.07) is 5.43. The van der Waals surface area contributed by atoms with E-state index in [9.17, 15) is 14.4 Å². The van der Waals surface area contributed by atoms with E-state index in [1.165, 1.54) is 5.01 Å². The Balaban J connectivity index is 1.58. The molecule has 1 aromatic carbocycles. The molecule has 1 aromatic rings. The summed E-state index contributed by atoms with van der Waals surface area (Å²) in [5.74, 6) is 5.82. The van der Waals surface area contributed by atoms with Gasteiger partial charge in [-0.05, 0) is 30.2 Å². The van der Waals surface area contributed by atoms with Crippen LogP contribution in [0.4, 0.5) is 0 Å². The Morgan fingerprint density at radius 1 is 1.08 bits per heavy atom. The number of amides is 3. The number of carbonyl (C=O) groups excluding carboxylic acids is 3. The van der Waals surface area contributed by atoms with Crippen molar-refractivity contribution in [3.8, 4) is 11.8 Å². The van der Waals surface area contributed by atoms with Gasteiger partial charge >= 0.3 is 0 Å². The summed E-state index contributed by atoms with van der Waals surface area (Å²) in [6.45, 7) is 2.08. The first-order valence-electron chi connectivity index (χ1n) is 8.16. The van der Waals surface area contributed by atoms with Crippen LogP contribution in [0, 0.1) is 17.8 Å². The minimum absolute atomic E-state index is 0.242. The summed E-state index contributed by atoms with van der Waals surface area (Å²) in [5, 5.41) is 5.46. The molecule has 6 heteroatoms. The standard InChI is InChI=1S/C18H17N3O3/c22-16-2-1-3-17(23)21(16)20-11-14-8-12(4-5-13-9-19-10-13)6-7-15(14)18(20)24/h6-8,13,19H,1-3,9-11H2. The summed E-state index contributed by atoms with van der Waals surface area (Å²) < 4.78 is 0. The van der Waals surface area contributed by atoms with Gasteiger partial charge in [0, 0.05) is 43.0 Å². The summed E-state index contributed by atoms with van der Waals surface area (Å²) in [5.41, 5.74) is 2.20. The number of nitrogens with one attached hydrogen (secondary N) is 1. The van der Waals surface area contributed by atoms with Gasteiger partial charge in [0.15, 0.2) is 0 Å². The predicted molar refractivity (Wildman–Crippen MR) is 85.3 cm³/mol. The molecule has 122 valence electrons. The third-order valence-corrected chi connectivity index (χ3v) is 4.59. The molecular weight excluding hydrogens is 306 g/mol. The van der Waals surface area contributed by atoms with Crippen molar-refractivity contribution in [2.24, 2.45) is 5.92 Å². The van der Waals surface area contributed by atoms with Gasteiger partial charge in [0.2, 0.25) is 11.8 Å². The summed E-state index contributed by atoms with van der Waals surface area (Å²) in [6.07, 6.45) is 1.16. The van der Waals surface area contributed by atoms with Crippen molar-refractivity contribution in [1.29, 1.82) is 0 Å². The van der Waals surface area contributed by atoms with Crippen molar-refractivity contribution in [2.75, 3.05) is 13.1 Å². The predicted octanol–water partition coefficient (Wildman–Crippen LogP) is 0.667. The van der Waals surface area contributed by atoms with Crippen molar-refractivity contribution in [1.82, 2.24) is 15.3 Å². The lowest BCUT2D eigenvalue weighted by molar-refractivity contribution is -0.163. The number of fused-ring (bicyclic) bond motifs is 1. The molecule has 0 unspecified atom stereocenters. The van der Waals surface area contributed by atoms with E-state index in [-0.39, 0.29) is 24.3 Å². The second kappa shape index (κ2) is 5.77. The first-order chi connectivity index (χ1) is 11.6. The highest BCUT2D eigenvalue weighted by molar-refractivity contribution is 6.04. The van der Waals surface area contributed by atoms with Gasteiger partial charge in [-0.3, -0.25) is 14.4 Å². The molecule has 2 fully saturated rings. The Labute approximate surface area is 139 Å². The molecule has 3 aliphatic heterocycles. The Hall–Kier alpha value is -2.65. The molecule has 0 aliphatic carbocycles. The number of imide groups is 1. The first kappa shape index (κ1) is 14.9. The molecule has 3 heterocycles. The number of hydrogen-bond acceptors (Lipinski definition) is 4. The van der Waals surface area contributed by atoms with Crippen LogP contribution >= 0.6 is 0 Å². The molecule has 0 aromatic heterocycles. The maximum absolute atomic E-state index is 12.6. The summed E-state index contributed by atoms with van der Waals surface area (Å²) in [7, 11) is 0. The molecule has 2 saturated heterocycles. The fourth-order valence-corrected chi connectivity index (χ4v) is 3.13. The highest BCUT2D eigenvalue weighted by Gasteiger charge is 2.39. The smallest absolute Gasteiger partial charge is 0.273 e. The van der Waals surface area contributed by atoms with Crippen LogP contribution in [0.1, 0.15) is 40.7 Å². The van der Waals surface area contributed by atoms with Gasteiger partial charge in [0.05, 0.1) is 6.54 Å². The monoisotopic (exact) mass is 323 g/mol. The Bertz CT molecular complexity index is 785. The number of carbonyl (C=O) groups is 3. The van der Waals surface area contributed by atoms with Gasteiger partial charge in [-0.1, -0.05) is 11.8 Å². The fourth-order valence-electron chi connectivity index (χ4n) is 3.13. The molecule has 0 saturated carbocycles. The topological polar surface area (TPSA) is 69.7 Å². The maximum atomic E-state index is 12.6. The van der Waals surface area contributed by atoms with E-state index in [4.69, 9.17) is 0 Å². The number of hydrazine groups is 1. The normalized spacial score (nSPS) is 20.6. The lowest BCUT2D eigenvalue weighted by Crippen LogP contribution is -2.51. The molecule has 3 aliphatic rings. The number of hydrogen-bond donors (Lipinski definition) is 1. The Morgan fingerprint density at radius 3 is 2.50 bits per heavy atom. The van der Waals surface area contributed by atoms with Gasteiger partial charge in [-0.15, -0.1) is 0 Å². The maximum Gasteiger partial charge on any atom is 0.273 e. The van der Waals surface area contributed by atoms with Crippen LogP contribution in [0.5, 0.6) is 0 Å². The highest BCUT2D eigenvalue weighted by atomic mass is 16.2. The van der Waals surface area contributed by atoms with Crippen LogP contribution in [0.2, 0.25) is 0 Å². The van der Waals surface area contributed by atoms with Gasteiger partial charge < -0.3 is 5.32 Å². The van der Waals surface area contributed by atoms with Gasteiger partial charge in [-0.2, -0.15) is 5.01 Å². The zero-order valence-corrected chi connectivity index (χ0v) is 13.2. The SMILES string of the molecule is O=C1c2ccc(C#CC3CNC3)cc2CN1N1C(=O)CCCC1=O. The molecule has 6 nitrogen and oxygen atoms in total. The van der Waals surface area contributed by atoms with Crippen LogP contribution in [0.15, 0.2) is 18.2 Å². The zero-order chi connectivity index (χ0) is 16.7. The zero-order valence-electron chi connectivity index (χ0n) is 13.2. The second-order valence-corrected chi connectivity index (χ2v) is 6.31. The number of benzene rings is 1. The molecule has 0 atom stereocenters. The molecule has 1 N–H and O–H groups in total. The van der Waals surface area contributed by atoms with Crippen LogP contribution in [0.3, 0.4) is 0 Å². The van der Waals surface area contributed by atoms with Gasteiger partial charge in [0.1, 0.15) is 0 Å². The lowest BCUT2D eigenvalue weighted by Gasteiger charge is -2.32. The van der Waals surface area contributed by atoms with Crippen LogP contribution in [-0.2, 0) is 16.1 Å². The average molecular weight is 323 g/mol. The van der Waals surface area contributed by atoms with Crippen molar-refractivity contribution < 1.29 is 14.4 Å². The third kappa shape index (κ3) is 2.47. The second-order valence-electron chi connectivity index (χ2n) is 6.31. The largest absolute Gasteiger partial charge is 0.314 e. The van der Waals surface area contributed by atoms with E-state index >= 15 is 0 Å². The van der Waals surface area contributed by atoms with E-state index in [0.717, 1.165) is 29.2 Å². The Kier molecular flexibility index (Phi) is 3.58. The highest BCUT2D eigenvalue weighted by Crippen LogP contribution is 2.27. The molecule has 3 amide bonds. The number of nitrogens with zero attached hydrogens (tertiary/aromatic N) is 2. The number of piperidine rings is 1.